The van der Waals surface area contributed by atoms with Crippen LogP contribution in [-0.2, 0) is 19.1 Å². The van der Waals surface area contributed by atoms with Crippen molar-refractivity contribution in [3.63, 3.8) is 0 Å². The molecule has 5 atom stereocenters. The summed E-state index contributed by atoms with van der Waals surface area (Å²) in [5.74, 6) is -1.19. The van der Waals surface area contributed by atoms with E-state index in [2.05, 4.69) is 0 Å². The Kier molecular flexibility index (Phi) is 2.86. The first-order valence-electron chi connectivity index (χ1n) is 9.75. The van der Waals surface area contributed by atoms with E-state index in [4.69, 9.17) is 9.47 Å². The highest BCUT2D eigenvalue weighted by Gasteiger charge is 2.75. The zero-order valence-electron chi connectivity index (χ0n) is 15.5. The third-order valence-electron chi connectivity index (χ3n) is 7.53. The molecule has 4 aliphatic heterocycles. The lowest BCUT2D eigenvalue weighted by Gasteiger charge is -2.44. The Hall–Kier alpha value is -2.83. The fraction of sp³-hybridized carbons (Fsp3) is 0.476. The van der Waals surface area contributed by atoms with Crippen LogP contribution in [0.15, 0.2) is 36.4 Å². The van der Waals surface area contributed by atoms with Crippen molar-refractivity contribution in [2.75, 3.05) is 18.6 Å². The number of rotatable bonds is 0. The van der Waals surface area contributed by atoms with Gasteiger partial charge in [0.05, 0.1) is 24.3 Å². The average molecular weight is 380 g/mol. The van der Waals surface area contributed by atoms with Gasteiger partial charge in [0.25, 0.3) is 0 Å². The highest BCUT2D eigenvalue weighted by Crippen LogP contribution is 2.66. The Morgan fingerprint density at radius 3 is 2.89 bits per heavy atom. The van der Waals surface area contributed by atoms with Crippen LogP contribution in [0.25, 0.3) is 0 Å². The molecule has 1 aromatic rings. The van der Waals surface area contributed by atoms with Crippen LogP contribution in [0.3, 0.4) is 0 Å². The van der Waals surface area contributed by atoms with E-state index >= 15 is 0 Å². The van der Waals surface area contributed by atoms with Gasteiger partial charge in [-0.3, -0.25) is 9.59 Å². The SMILES string of the molecule is COC(=O)N1c2ccccc2C2CCN3C(=O)C=CC34CC[C@@H]3[C@H]4C(=O)O[C@]231. The highest BCUT2D eigenvalue weighted by molar-refractivity contribution is 5.97. The zero-order valence-corrected chi connectivity index (χ0v) is 15.5. The maximum atomic E-state index is 13.2. The normalized spacial score (nSPS) is 39.2. The van der Waals surface area contributed by atoms with Crippen molar-refractivity contribution < 1.29 is 23.9 Å². The molecule has 1 aliphatic carbocycles. The van der Waals surface area contributed by atoms with Crippen LogP contribution in [0.2, 0.25) is 0 Å². The molecule has 7 nitrogen and oxygen atoms in total. The topological polar surface area (TPSA) is 76.2 Å². The van der Waals surface area contributed by atoms with Crippen molar-refractivity contribution in [1.82, 2.24) is 4.90 Å². The van der Waals surface area contributed by atoms with Crippen molar-refractivity contribution in [2.24, 2.45) is 11.8 Å². The fourth-order valence-corrected chi connectivity index (χ4v) is 6.63. The van der Waals surface area contributed by atoms with Crippen LogP contribution >= 0.6 is 0 Å². The number of fused-ring (bicyclic) bond motifs is 2. The molecular formula is C21H20N2O5. The number of methoxy groups -OCH3 is 1. The van der Waals surface area contributed by atoms with E-state index in [1.807, 2.05) is 35.2 Å². The minimum absolute atomic E-state index is 0.0380. The Morgan fingerprint density at radius 1 is 1.25 bits per heavy atom. The second-order valence-corrected chi connectivity index (χ2v) is 8.32. The molecular weight excluding hydrogens is 360 g/mol. The van der Waals surface area contributed by atoms with Crippen LogP contribution < -0.4 is 4.90 Å². The first-order chi connectivity index (χ1) is 13.5. The monoisotopic (exact) mass is 380 g/mol. The van der Waals surface area contributed by atoms with Gasteiger partial charge in [-0.25, -0.2) is 9.69 Å². The lowest BCUT2D eigenvalue weighted by atomic mass is 9.73. The van der Waals surface area contributed by atoms with E-state index in [0.717, 1.165) is 11.3 Å². The number of ether oxygens (including phenoxy) is 2. The lowest BCUT2D eigenvalue weighted by molar-refractivity contribution is -0.153. The van der Waals surface area contributed by atoms with E-state index < -0.39 is 23.3 Å². The van der Waals surface area contributed by atoms with E-state index in [1.54, 1.807) is 11.0 Å². The highest BCUT2D eigenvalue weighted by atomic mass is 16.6. The number of amides is 2. The molecule has 1 saturated carbocycles. The minimum atomic E-state index is -1.08. The summed E-state index contributed by atoms with van der Waals surface area (Å²) in [6, 6.07) is 7.67. The van der Waals surface area contributed by atoms with Crippen LogP contribution in [0.5, 0.6) is 0 Å². The summed E-state index contributed by atoms with van der Waals surface area (Å²) in [6.07, 6.45) is 5.01. The summed E-state index contributed by atoms with van der Waals surface area (Å²) >= 11 is 0. The molecule has 2 saturated heterocycles. The van der Waals surface area contributed by atoms with Gasteiger partial charge < -0.3 is 14.4 Å². The maximum absolute atomic E-state index is 13.2. The molecule has 0 N–H and O–H groups in total. The molecule has 0 aromatic heterocycles. The van der Waals surface area contributed by atoms with Crippen LogP contribution in [0.4, 0.5) is 10.5 Å². The van der Waals surface area contributed by atoms with Crippen LogP contribution in [0.1, 0.15) is 30.7 Å². The number of esters is 1. The number of nitrogens with zero attached hydrogens (tertiary/aromatic N) is 2. The molecule has 5 aliphatic rings. The number of hydrogen-bond acceptors (Lipinski definition) is 5. The molecule has 7 heteroatoms. The molecule has 4 heterocycles. The molecule has 2 spiro atoms. The maximum Gasteiger partial charge on any atom is 0.417 e. The number of para-hydroxylation sites is 1. The molecule has 2 unspecified atom stereocenters. The smallest absolute Gasteiger partial charge is 0.417 e. The van der Waals surface area contributed by atoms with E-state index in [9.17, 15) is 14.4 Å². The number of benzene rings is 1. The summed E-state index contributed by atoms with van der Waals surface area (Å²) in [5.41, 5.74) is 0.00955. The molecule has 3 fully saturated rings. The van der Waals surface area contributed by atoms with Crippen molar-refractivity contribution in [3.8, 4) is 0 Å². The van der Waals surface area contributed by atoms with Gasteiger partial charge in [0.2, 0.25) is 11.6 Å². The first kappa shape index (κ1) is 16.2. The number of anilines is 1. The summed E-state index contributed by atoms with van der Waals surface area (Å²) in [6.45, 7) is 0.529. The largest absolute Gasteiger partial charge is 0.452 e. The Bertz CT molecular complexity index is 973. The molecule has 28 heavy (non-hydrogen) atoms. The third-order valence-corrected chi connectivity index (χ3v) is 7.53. The molecule has 4 bridgehead atoms. The average Bonchev–Trinajstić information content (AvgIpc) is 3.38. The Balaban J connectivity index is 1.61. The Morgan fingerprint density at radius 2 is 2.07 bits per heavy atom. The lowest BCUT2D eigenvalue weighted by Crippen LogP contribution is -2.59. The van der Waals surface area contributed by atoms with Gasteiger partial charge in [0.1, 0.15) is 0 Å². The summed E-state index contributed by atoms with van der Waals surface area (Å²) in [5, 5.41) is 0. The van der Waals surface area contributed by atoms with Crippen molar-refractivity contribution >= 4 is 23.7 Å². The number of carbonyl (C=O) groups is 3. The summed E-state index contributed by atoms with van der Waals surface area (Å²) in [4.78, 5) is 42.2. The summed E-state index contributed by atoms with van der Waals surface area (Å²) in [7, 11) is 1.35. The summed E-state index contributed by atoms with van der Waals surface area (Å²) < 4.78 is 11.3. The van der Waals surface area contributed by atoms with Gasteiger partial charge in [0.15, 0.2) is 0 Å². The molecule has 0 radical (unpaired) electrons. The van der Waals surface area contributed by atoms with Crippen molar-refractivity contribution in [2.45, 2.75) is 36.4 Å². The number of carbonyl (C=O) groups excluding carboxylic acids is 3. The predicted molar refractivity (Wildman–Crippen MR) is 97.3 cm³/mol. The Labute approximate surface area is 161 Å². The molecule has 1 aromatic carbocycles. The third kappa shape index (κ3) is 1.53. The van der Waals surface area contributed by atoms with Gasteiger partial charge in [0, 0.05) is 24.5 Å². The van der Waals surface area contributed by atoms with E-state index in [1.165, 1.54) is 7.11 Å². The second kappa shape index (κ2) is 4.96. The van der Waals surface area contributed by atoms with Crippen LogP contribution in [-0.4, -0.2) is 47.8 Å². The van der Waals surface area contributed by atoms with Crippen molar-refractivity contribution in [3.05, 3.63) is 42.0 Å². The van der Waals surface area contributed by atoms with Crippen LogP contribution in [0, 0.1) is 11.8 Å². The van der Waals surface area contributed by atoms with Gasteiger partial charge >= 0.3 is 12.1 Å². The zero-order chi connectivity index (χ0) is 19.3. The number of hydrogen-bond donors (Lipinski definition) is 0. The first-order valence-corrected chi connectivity index (χ1v) is 9.75. The fourth-order valence-electron chi connectivity index (χ4n) is 6.63. The standard InChI is InChI=1S/C21H20N2O5/c1-27-19(26)23-15-5-3-2-4-12(15)13-8-11-22-16(24)7-10-20(22)9-6-14-17(20)18(25)28-21(13,14)23/h2-5,7,10,13-14,17H,6,8-9,11H2,1H3/t13?,14-,17+,20?,21-/m1/s1. The second-order valence-electron chi connectivity index (χ2n) is 8.32. The predicted octanol–water partition coefficient (Wildman–Crippen LogP) is 2.18. The molecule has 6 rings (SSSR count). The van der Waals surface area contributed by atoms with Gasteiger partial charge in [-0.1, -0.05) is 24.3 Å². The quantitative estimate of drug-likeness (QED) is 0.645. The van der Waals surface area contributed by atoms with Crippen molar-refractivity contribution in [1.29, 1.82) is 0 Å². The molecule has 144 valence electrons. The minimum Gasteiger partial charge on any atom is -0.452 e. The van der Waals surface area contributed by atoms with E-state index in [-0.39, 0.29) is 23.7 Å². The van der Waals surface area contributed by atoms with Gasteiger partial charge in [-0.05, 0) is 30.9 Å². The van der Waals surface area contributed by atoms with Gasteiger partial charge in [-0.2, -0.15) is 0 Å². The van der Waals surface area contributed by atoms with E-state index in [0.29, 0.717) is 25.8 Å². The van der Waals surface area contributed by atoms with Gasteiger partial charge in [-0.15, -0.1) is 0 Å². The molecule has 2 amide bonds.